The molecule has 2 aliphatic heterocycles. The average molecular weight is 696 g/mol. The zero-order valence-corrected chi connectivity index (χ0v) is 29.0. The highest BCUT2D eigenvalue weighted by Crippen LogP contribution is 2.34. The van der Waals surface area contributed by atoms with Crippen molar-refractivity contribution in [3.05, 3.63) is 107 Å². The molecule has 0 radical (unpaired) electrons. The fraction of sp³-hybridized carbons (Fsp3) is 0.308. The third-order valence-electron chi connectivity index (χ3n) is 8.62. The second-order valence-electron chi connectivity index (χ2n) is 12.2. The van der Waals surface area contributed by atoms with Gasteiger partial charge < -0.3 is 30.3 Å². The second-order valence-corrected chi connectivity index (χ2v) is 12.2. The molecule has 266 valence electrons. The fourth-order valence-electron chi connectivity index (χ4n) is 5.86. The van der Waals surface area contributed by atoms with Crippen LogP contribution in [-0.4, -0.2) is 66.3 Å². The Morgan fingerprint density at radius 3 is 2.49 bits per heavy atom. The first-order chi connectivity index (χ1) is 24.7. The molecule has 1 atom stereocenters. The Labute approximate surface area is 296 Å². The molecule has 0 saturated carbocycles. The highest BCUT2D eigenvalue weighted by atomic mass is 19.1. The van der Waals surface area contributed by atoms with Gasteiger partial charge in [-0.3, -0.25) is 24.2 Å². The molecule has 6 rings (SSSR count). The van der Waals surface area contributed by atoms with E-state index < -0.39 is 17.8 Å². The maximum absolute atomic E-state index is 15.1. The minimum absolute atomic E-state index is 0.0250. The number of nitrogens with one attached hydrogen (secondary N) is 3. The quantitative estimate of drug-likeness (QED) is 0.254. The molecule has 51 heavy (non-hydrogen) atoms. The van der Waals surface area contributed by atoms with Gasteiger partial charge >= 0.3 is 0 Å². The van der Waals surface area contributed by atoms with Gasteiger partial charge in [0, 0.05) is 44.4 Å². The van der Waals surface area contributed by atoms with Gasteiger partial charge in [-0.15, -0.1) is 0 Å². The van der Waals surface area contributed by atoms with E-state index >= 15 is 4.39 Å². The van der Waals surface area contributed by atoms with Crippen molar-refractivity contribution in [2.24, 2.45) is 0 Å². The molecule has 12 heteroatoms. The Balaban J connectivity index is 1.41. The molecule has 4 amide bonds. The molecule has 3 heterocycles. The van der Waals surface area contributed by atoms with Crippen molar-refractivity contribution in [1.29, 1.82) is 0 Å². The zero-order chi connectivity index (χ0) is 36.3. The molecule has 0 unspecified atom stereocenters. The molecule has 0 spiro atoms. The third-order valence-corrected chi connectivity index (χ3v) is 8.62. The van der Waals surface area contributed by atoms with Crippen LogP contribution in [0, 0.1) is 12.7 Å². The summed E-state index contributed by atoms with van der Waals surface area (Å²) in [6.45, 7) is 4.38. The standard InChI is InChI=1S/C39H42FN5O6/c1-4-31-38(48)43-24-26-13-15-32(30(40)22-26)51-34-23-28(14-16-33(34)50-3)37(47)42-18-9-21-45(20-8-12-35(46)44-31)39(49)36-25(2)41-19-17-29(36)27-10-6-5-7-11-27/h5-7,10-11,13-17,19,22-23,31H,4,8-9,12,18,20-21,24H2,1-3H3,(H,42,47)(H,43,48)(H,44,46)/t31-/m0/s1. The summed E-state index contributed by atoms with van der Waals surface area (Å²) in [5.41, 5.74) is 3.42. The van der Waals surface area contributed by atoms with Gasteiger partial charge in [-0.05, 0) is 79.3 Å². The summed E-state index contributed by atoms with van der Waals surface area (Å²) in [7, 11) is 1.44. The number of methoxy groups -OCH3 is 1. The van der Waals surface area contributed by atoms with Crippen LogP contribution in [0.3, 0.4) is 0 Å². The monoisotopic (exact) mass is 695 g/mol. The number of nitrogens with zero attached hydrogens (tertiary/aromatic N) is 2. The zero-order valence-electron chi connectivity index (χ0n) is 29.0. The van der Waals surface area contributed by atoms with Crippen molar-refractivity contribution in [1.82, 2.24) is 25.8 Å². The number of hydrogen-bond donors (Lipinski definition) is 3. The molecule has 11 nitrogen and oxygen atoms in total. The molecule has 1 aromatic heterocycles. The van der Waals surface area contributed by atoms with E-state index in [0.717, 1.165) is 11.1 Å². The normalized spacial score (nSPS) is 16.4. The summed E-state index contributed by atoms with van der Waals surface area (Å²) in [5, 5.41) is 8.43. The number of amides is 4. The van der Waals surface area contributed by atoms with Gasteiger partial charge in [0.25, 0.3) is 11.8 Å². The van der Waals surface area contributed by atoms with Crippen molar-refractivity contribution < 1.29 is 33.0 Å². The van der Waals surface area contributed by atoms with E-state index in [-0.39, 0.29) is 67.4 Å². The topological polar surface area (TPSA) is 139 Å². The number of carbonyl (C=O) groups is 4. The Morgan fingerprint density at radius 2 is 1.75 bits per heavy atom. The van der Waals surface area contributed by atoms with E-state index in [9.17, 15) is 19.2 Å². The Morgan fingerprint density at radius 1 is 0.961 bits per heavy atom. The molecule has 0 saturated heterocycles. The van der Waals surface area contributed by atoms with Gasteiger partial charge in [-0.25, -0.2) is 4.39 Å². The summed E-state index contributed by atoms with van der Waals surface area (Å²) in [5.74, 6) is -1.68. The number of ether oxygens (including phenoxy) is 2. The molecular formula is C39H42FN5O6. The maximum Gasteiger partial charge on any atom is 0.256 e. The number of aryl methyl sites for hydroxylation is 1. The van der Waals surface area contributed by atoms with Crippen LogP contribution in [0.2, 0.25) is 0 Å². The van der Waals surface area contributed by atoms with Crippen molar-refractivity contribution in [3.8, 4) is 28.4 Å². The summed E-state index contributed by atoms with van der Waals surface area (Å²) in [4.78, 5) is 59.5. The smallest absolute Gasteiger partial charge is 0.256 e. The lowest BCUT2D eigenvalue weighted by molar-refractivity contribution is -0.129. The highest BCUT2D eigenvalue weighted by molar-refractivity contribution is 6.02. The molecule has 2 aliphatic rings. The predicted molar refractivity (Wildman–Crippen MR) is 190 cm³/mol. The number of benzene rings is 3. The number of aromatic nitrogens is 1. The number of hydrogen-bond acceptors (Lipinski definition) is 7. The molecule has 4 aromatic rings. The molecular weight excluding hydrogens is 653 g/mol. The SMILES string of the molecule is CC[C@@H]1NC(=O)CCCN(C(=O)c2c(-c3ccccc3)ccnc2C)CCCNC(=O)c2ccc(OC)c(c2)Oc2ccc(cc2F)CNC1=O. The van der Waals surface area contributed by atoms with E-state index in [1.165, 1.54) is 25.3 Å². The van der Waals surface area contributed by atoms with Crippen LogP contribution in [0.4, 0.5) is 4.39 Å². The minimum atomic E-state index is -0.792. The molecule has 0 fully saturated rings. The Hall–Kier alpha value is -5.78. The first kappa shape index (κ1) is 36.5. The summed E-state index contributed by atoms with van der Waals surface area (Å²) in [6.07, 6.45) is 2.85. The molecule has 4 bridgehead atoms. The average Bonchev–Trinajstić information content (AvgIpc) is 3.14. The molecule has 3 N–H and O–H groups in total. The van der Waals surface area contributed by atoms with E-state index in [4.69, 9.17) is 9.47 Å². The number of fused-ring (bicyclic) bond motifs is 16. The first-order valence-electron chi connectivity index (χ1n) is 17.0. The largest absolute Gasteiger partial charge is 0.493 e. The summed E-state index contributed by atoms with van der Waals surface area (Å²) in [6, 6.07) is 19.5. The number of halogens is 1. The number of rotatable bonds is 4. The molecule has 3 aromatic carbocycles. The van der Waals surface area contributed by atoms with E-state index in [2.05, 4.69) is 20.9 Å². The highest BCUT2D eigenvalue weighted by Gasteiger charge is 2.24. The maximum atomic E-state index is 15.1. The van der Waals surface area contributed by atoms with Crippen LogP contribution in [0.15, 0.2) is 79.0 Å². The van der Waals surface area contributed by atoms with Crippen LogP contribution in [-0.2, 0) is 16.1 Å². The van der Waals surface area contributed by atoms with Crippen LogP contribution < -0.4 is 25.4 Å². The van der Waals surface area contributed by atoms with Gasteiger partial charge in [0.15, 0.2) is 23.1 Å². The first-order valence-corrected chi connectivity index (χ1v) is 17.0. The lowest BCUT2D eigenvalue weighted by Crippen LogP contribution is -2.46. The van der Waals surface area contributed by atoms with Crippen molar-refractivity contribution in [2.75, 3.05) is 26.7 Å². The lowest BCUT2D eigenvalue weighted by atomic mass is 9.98. The third kappa shape index (κ3) is 9.27. The van der Waals surface area contributed by atoms with Crippen LogP contribution in [0.1, 0.15) is 64.6 Å². The van der Waals surface area contributed by atoms with E-state index in [1.54, 1.807) is 43.1 Å². The predicted octanol–water partition coefficient (Wildman–Crippen LogP) is 5.56. The van der Waals surface area contributed by atoms with Crippen LogP contribution in [0.5, 0.6) is 17.2 Å². The van der Waals surface area contributed by atoms with E-state index in [1.807, 2.05) is 36.4 Å². The lowest BCUT2D eigenvalue weighted by Gasteiger charge is -2.25. The van der Waals surface area contributed by atoms with Gasteiger partial charge in [0.2, 0.25) is 11.8 Å². The Kier molecular flexibility index (Phi) is 12.3. The van der Waals surface area contributed by atoms with Crippen molar-refractivity contribution in [3.63, 3.8) is 0 Å². The minimum Gasteiger partial charge on any atom is -0.493 e. The van der Waals surface area contributed by atoms with Gasteiger partial charge in [-0.1, -0.05) is 43.3 Å². The van der Waals surface area contributed by atoms with Crippen molar-refractivity contribution in [2.45, 2.75) is 52.1 Å². The fourth-order valence-corrected chi connectivity index (χ4v) is 5.86. The second kappa shape index (κ2) is 17.2. The Bertz CT molecular complexity index is 1890. The number of carbonyl (C=O) groups excluding carboxylic acids is 4. The summed E-state index contributed by atoms with van der Waals surface area (Å²) >= 11 is 0. The summed E-state index contributed by atoms with van der Waals surface area (Å²) < 4.78 is 26.4. The van der Waals surface area contributed by atoms with Gasteiger partial charge in [0.1, 0.15) is 6.04 Å². The van der Waals surface area contributed by atoms with Crippen LogP contribution >= 0.6 is 0 Å². The van der Waals surface area contributed by atoms with Gasteiger partial charge in [0.05, 0.1) is 18.4 Å². The van der Waals surface area contributed by atoms with Crippen LogP contribution in [0.25, 0.3) is 11.1 Å². The van der Waals surface area contributed by atoms with Crippen molar-refractivity contribution >= 4 is 23.6 Å². The molecule has 0 aliphatic carbocycles. The van der Waals surface area contributed by atoms with Gasteiger partial charge in [-0.2, -0.15) is 0 Å². The van der Waals surface area contributed by atoms with E-state index in [0.29, 0.717) is 41.8 Å². The number of pyridine rings is 1.